The Kier molecular flexibility index (Phi) is 12.8. The molecular weight excluding hydrogens is 522 g/mol. The van der Waals surface area contributed by atoms with Crippen LogP contribution in [0.2, 0.25) is 5.02 Å². The first kappa shape index (κ1) is 31.2. The number of rotatable bonds is 7. The van der Waals surface area contributed by atoms with Crippen molar-refractivity contribution in [3.05, 3.63) is 130 Å². The average Bonchev–Trinajstić information content (AvgIpc) is 2.98. The Hall–Kier alpha value is -4.03. The number of hydrogen-bond donors (Lipinski definition) is 0. The van der Waals surface area contributed by atoms with E-state index in [0.717, 1.165) is 16.9 Å². The summed E-state index contributed by atoms with van der Waals surface area (Å²) in [4.78, 5) is 23.5. The molecule has 0 radical (unpaired) electrons. The summed E-state index contributed by atoms with van der Waals surface area (Å²) in [7, 11) is 3.19. The number of ether oxygens (including phenoxy) is 2. The first-order chi connectivity index (χ1) is 18.7. The molecule has 0 amide bonds. The maximum Gasteiger partial charge on any atom is 0.170 e. The van der Waals surface area contributed by atoms with Crippen LogP contribution >= 0.6 is 11.6 Å². The third-order valence-electron chi connectivity index (χ3n) is 5.67. The number of halogens is 3. The van der Waals surface area contributed by atoms with Crippen molar-refractivity contribution < 1.29 is 27.8 Å². The number of ketones is 2. The lowest BCUT2D eigenvalue weighted by Gasteiger charge is -2.11. The fraction of sp³-hybridized carbons (Fsp3) is 0.188. The fourth-order valence-corrected chi connectivity index (χ4v) is 3.44. The number of hydrogen-bond acceptors (Lipinski definition) is 4. The zero-order chi connectivity index (χ0) is 28.8. The van der Waals surface area contributed by atoms with Gasteiger partial charge in [-0.15, -0.1) is 0 Å². The zero-order valence-electron chi connectivity index (χ0n) is 22.3. The molecule has 4 nitrogen and oxygen atoms in total. The molecule has 0 saturated carbocycles. The van der Waals surface area contributed by atoms with Crippen LogP contribution < -0.4 is 9.47 Å². The third kappa shape index (κ3) is 10.3. The van der Waals surface area contributed by atoms with Crippen molar-refractivity contribution in [2.75, 3.05) is 14.2 Å². The highest BCUT2D eigenvalue weighted by atomic mass is 35.5. The van der Waals surface area contributed by atoms with Crippen LogP contribution in [0.15, 0.2) is 97.1 Å². The van der Waals surface area contributed by atoms with E-state index >= 15 is 0 Å². The van der Waals surface area contributed by atoms with E-state index in [9.17, 15) is 18.4 Å². The quantitative estimate of drug-likeness (QED) is 0.215. The predicted octanol–water partition coefficient (Wildman–Crippen LogP) is 8.59. The molecule has 4 aromatic carbocycles. The maximum absolute atomic E-state index is 12.9. The molecule has 0 aliphatic heterocycles. The average molecular weight is 553 g/mol. The summed E-state index contributed by atoms with van der Waals surface area (Å²) in [6, 6.07) is 25.8. The molecule has 0 aliphatic rings. The van der Waals surface area contributed by atoms with Gasteiger partial charge in [-0.3, -0.25) is 9.59 Å². The number of benzene rings is 4. The van der Waals surface area contributed by atoms with Crippen LogP contribution in [0.3, 0.4) is 0 Å². The number of carbonyl (C=O) groups is 2. The van der Waals surface area contributed by atoms with E-state index in [2.05, 4.69) is 0 Å². The first-order valence-electron chi connectivity index (χ1n) is 12.2. The lowest BCUT2D eigenvalue weighted by molar-refractivity contribution is 0.0963. The Balaban J connectivity index is 0.000000227. The van der Waals surface area contributed by atoms with E-state index in [1.54, 1.807) is 74.9 Å². The van der Waals surface area contributed by atoms with Crippen LogP contribution in [0.25, 0.3) is 0 Å². The molecule has 39 heavy (non-hydrogen) atoms. The summed E-state index contributed by atoms with van der Waals surface area (Å²) < 4.78 is 34.9. The van der Waals surface area contributed by atoms with Crippen molar-refractivity contribution >= 4 is 23.2 Å². The second-order valence-corrected chi connectivity index (χ2v) is 8.74. The van der Waals surface area contributed by atoms with E-state index in [1.807, 2.05) is 13.8 Å². The minimum absolute atomic E-state index is 0.00858. The second kappa shape index (κ2) is 16.0. The predicted molar refractivity (Wildman–Crippen MR) is 151 cm³/mol. The van der Waals surface area contributed by atoms with Crippen LogP contribution in [0.5, 0.6) is 11.5 Å². The molecule has 0 fully saturated rings. The molecule has 0 aromatic heterocycles. The zero-order valence-corrected chi connectivity index (χ0v) is 23.0. The molecule has 0 saturated heterocycles. The molecule has 0 bridgehead atoms. The van der Waals surface area contributed by atoms with Crippen LogP contribution in [0.4, 0.5) is 8.78 Å². The SMILES string of the molecule is CCC(=O)c1ccc(OC)cc1.COc1ccc(C(=O)C(C)c2ccc(F)cc2)cc1.Fc1ccc(Cl)cc1. The summed E-state index contributed by atoms with van der Waals surface area (Å²) >= 11 is 5.44. The standard InChI is InChI=1S/C16H15FO2.C10H12O2.C6H4ClF/c1-11(12-3-7-14(17)8-4-12)16(18)13-5-9-15(19-2)10-6-13;1-3-10(11)8-4-6-9(12-2)7-5-8;7-5-1-3-6(8)4-2-5/h3-11H,1-2H3;4-7H,3H2,1-2H3;1-4H. The van der Waals surface area contributed by atoms with Crippen molar-refractivity contribution in [2.24, 2.45) is 0 Å². The van der Waals surface area contributed by atoms with Gasteiger partial charge in [0.05, 0.1) is 14.2 Å². The van der Waals surface area contributed by atoms with Crippen molar-refractivity contribution in [3.8, 4) is 11.5 Å². The Labute approximate surface area is 233 Å². The van der Waals surface area contributed by atoms with Crippen LogP contribution in [-0.2, 0) is 0 Å². The van der Waals surface area contributed by atoms with Gasteiger partial charge in [0.25, 0.3) is 0 Å². The third-order valence-corrected chi connectivity index (χ3v) is 5.93. The molecule has 0 aliphatic carbocycles. The summed E-state index contributed by atoms with van der Waals surface area (Å²) in [5.74, 6) is 0.816. The number of carbonyl (C=O) groups excluding carboxylic acids is 2. The lowest BCUT2D eigenvalue weighted by Crippen LogP contribution is -2.09. The maximum atomic E-state index is 12.9. The fourth-order valence-electron chi connectivity index (χ4n) is 3.32. The normalized spacial score (nSPS) is 10.6. The molecule has 0 spiro atoms. The Bertz CT molecular complexity index is 1280. The van der Waals surface area contributed by atoms with E-state index in [4.69, 9.17) is 21.1 Å². The molecule has 1 atom stereocenters. The lowest BCUT2D eigenvalue weighted by atomic mass is 9.92. The largest absolute Gasteiger partial charge is 0.497 e. The van der Waals surface area contributed by atoms with Crippen LogP contribution in [-0.4, -0.2) is 25.8 Å². The van der Waals surface area contributed by atoms with Crippen LogP contribution in [0, 0.1) is 11.6 Å². The first-order valence-corrected chi connectivity index (χ1v) is 12.6. The molecule has 204 valence electrons. The molecule has 0 N–H and O–H groups in total. The highest BCUT2D eigenvalue weighted by Gasteiger charge is 2.17. The highest BCUT2D eigenvalue weighted by Crippen LogP contribution is 2.22. The van der Waals surface area contributed by atoms with Gasteiger partial charge >= 0.3 is 0 Å². The summed E-state index contributed by atoms with van der Waals surface area (Å²) in [6.45, 7) is 3.67. The second-order valence-electron chi connectivity index (χ2n) is 8.31. The molecular formula is C32H31ClF2O4. The molecule has 7 heteroatoms. The van der Waals surface area contributed by atoms with E-state index in [-0.39, 0.29) is 29.1 Å². The van der Waals surface area contributed by atoms with Crippen molar-refractivity contribution in [1.29, 1.82) is 0 Å². The Morgan fingerprint density at radius 2 is 1.10 bits per heavy atom. The summed E-state index contributed by atoms with van der Waals surface area (Å²) in [5, 5.41) is 0.561. The van der Waals surface area contributed by atoms with E-state index < -0.39 is 0 Å². The molecule has 4 rings (SSSR count). The highest BCUT2D eigenvalue weighted by molar-refractivity contribution is 6.30. The molecule has 0 heterocycles. The van der Waals surface area contributed by atoms with Crippen LogP contribution in [0.1, 0.15) is 52.5 Å². The van der Waals surface area contributed by atoms with Gasteiger partial charge < -0.3 is 9.47 Å². The summed E-state index contributed by atoms with van der Waals surface area (Å²) in [6.07, 6.45) is 0.548. The van der Waals surface area contributed by atoms with Gasteiger partial charge in [0.15, 0.2) is 11.6 Å². The van der Waals surface area contributed by atoms with E-state index in [1.165, 1.54) is 36.4 Å². The number of Topliss-reactive ketones (excluding diaryl/α,β-unsaturated/α-hetero) is 2. The Morgan fingerprint density at radius 1 is 0.692 bits per heavy atom. The van der Waals surface area contributed by atoms with E-state index in [0.29, 0.717) is 22.8 Å². The monoisotopic (exact) mass is 552 g/mol. The van der Waals surface area contributed by atoms with Crippen molar-refractivity contribution in [3.63, 3.8) is 0 Å². The smallest absolute Gasteiger partial charge is 0.170 e. The number of methoxy groups -OCH3 is 2. The van der Waals surface area contributed by atoms with Crippen molar-refractivity contribution in [2.45, 2.75) is 26.2 Å². The van der Waals surface area contributed by atoms with Gasteiger partial charge in [-0.1, -0.05) is 37.6 Å². The molecule has 4 aromatic rings. The van der Waals surface area contributed by atoms with Crippen molar-refractivity contribution in [1.82, 2.24) is 0 Å². The van der Waals surface area contributed by atoms with Gasteiger partial charge in [0, 0.05) is 28.5 Å². The van der Waals surface area contributed by atoms with Gasteiger partial charge in [-0.05, 0) is 90.5 Å². The van der Waals surface area contributed by atoms with Gasteiger partial charge in [0.2, 0.25) is 0 Å². The van der Waals surface area contributed by atoms with Gasteiger partial charge in [-0.25, -0.2) is 8.78 Å². The van der Waals surface area contributed by atoms with Gasteiger partial charge in [-0.2, -0.15) is 0 Å². The van der Waals surface area contributed by atoms with Gasteiger partial charge in [0.1, 0.15) is 23.1 Å². The summed E-state index contributed by atoms with van der Waals surface area (Å²) in [5.41, 5.74) is 2.18. The minimum atomic E-state index is -0.298. The molecule has 1 unspecified atom stereocenters. The Morgan fingerprint density at radius 3 is 1.49 bits per heavy atom. The topological polar surface area (TPSA) is 52.6 Å². The minimum Gasteiger partial charge on any atom is -0.497 e.